The molecule has 0 spiro atoms. The highest BCUT2D eigenvalue weighted by atomic mass is 16.6. The van der Waals surface area contributed by atoms with E-state index in [0.29, 0.717) is 17.2 Å². The SMILES string of the molecule is COc1ccc(C2=NO[C@H]3[C@@H]4C[C@H]([C@H]5C(=O)N(c6ccccc6)C(=O)[C@H]45)[C@H]23)c(OC)c1. The second kappa shape index (κ2) is 6.57. The van der Waals surface area contributed by atoms with Crippen LogP contribution in [0.25, 0.3) is 0 Å². The van der Waals surface area contributed by atoms with Crippen molar-refractivity contribution >= 4 is 23.2 Å². The van der Waals surface area contributed by atoms with E-state index in [1.54, 1.807) is 14.2 Å². The lowest BCUT2D eigenvalue weighted by Gasteiger charge is -2.30. The van der Waals surface area contributed by atoms with E-state index in [4.69, 9.17) is 14.3 Å². The van der Waals surface area contributed by atoms with Gasteiger partial charge in [0, 0.05) is 23.5 Å². The average Bonchev–Trinajstić information content (AvgIpc) is 3.54. The van der Waals surface area contributed by atoms with Gasteiger partial charge in [0.1, 0.15) is 17.6 Å². The number of carbonyl (C=O) groups is 2. The number of methoxy groups -OCH3 is 2. The van der Waals surface area contributed by atoms with Gasteiger partial charge in [-0.2, -0.15) is 0 Å². The number of oxime groups is 1. The fourth-order valence-electron chi connectivity index (χ4n) is 6.19. The number of anilines is 1. The first-order chi connectivity index (χ1) is 15.1. The molecule has 158 valence electrons. The summed E-state index contributed by atoms with van der Waals surface area (Å²) in [6.07, 6.45) is 0.628. The van der Waals surface area contributed by atoms with E-state index in [1.165, 1.54) is 4.90 Å². The van der Waals surface area contributed by atoms with Crippen molar-refractivity contribution in [3.05, 3.63) is 54.1 Å². The van der Waals surface area contributed by atoms with Crippen LogP contribution in [0.1, 0.15) is 12.0 Å². The molecule has 6 atom stereocenters. The van der Waals surface area contributed by atoms with Crippen molar-refractivity contribution < 1.29 is 23.9 Å². The molecule has 2 aliphatic carbocycles. The Kier molecular flexibility index (Phi) is 3.91. The Morgan fingerprint density at radius 2 is 1.68 bits per heavy atom. The molecular weight excluding hydrogens is 396 g/mol. The first kappa shape index (κ1) is 18.4. The van der Waals surface area contributed by atoms with Gasteiger partial charge < -0.3 is 14.3 Å². The Bertz CT molecular complexity index is 1110. The van der Waals surface area contributed by atoms with Gasteiger partial charge in [0.2, 0.25) is 11.8 Å². The Morgan fingerprint density at radius 3 is 2.39 bits per heavy atom. The molecule has 0 unspecified atom stereocenters. The van der Waals surface area contributed by atoms with Crippen LogP contribution in [0.5, 0.6) is 11.5 Å². The highest BCUT2D eigenvalue weighted by molar-refractivity contribution is 6.23. The Labute approximate surface area is 179 Å². The number of imide groups is 1. The fraction of sp³-hybridized carbons (Fsp3) is 0.375. The minimum absolute atomic E-state index is 0.00402. The molecule has 6 rings (SSSR count). The predicted octanol–water partition coefficient (Wildman–Crippen LogP) is 2.88. The van der Waals surface area contributed by atoms with Gasteiger partial charge in [-0.05, 0) is 36.6 Å². The van der Waals surface area contributed by atoms with Gasteiger partial charge in [-0.3, -0.25) is 14.5 Å². The second-order valence-electron chi connectivity index (χ2n) is 8.60. The molecule has 3 fully saturated rings. The van der Waals surface area contributed by atoms with E-state index in [0.717, 1.165) is 17.7 Å². The zero-order valence-corrected chi connectivity index (χ0v) is 17.2. The molecule has 0 radical (unpaired) electrons. The third-order valence-corrected chi connectivity index (χ3v) is 7.39. The number of para-hydroxylation sites is 1. The van der Waals surface area contributed by atoms with E-state index >= 15 is 0 Å². The van der Waals surface area contributed by atoms with Gasteiger partial charge in [-0.25, -0.2) is 0 Å². The Hall–Kier alpha value is -3.35. The first-order valence-electron chi connectivity index (χ1n) is 10.5. The lowest BCUT2D eigenvalue weighted by atomic mass is 9.71. The normalized spacial score (nSPS) is 32.6. The number of rotatable bonds is 4. The van der Waals surface area contributed by atoms with Crippen molar-refractivity contribution in [3.63, 3.8) is 0 Å². The molecule has 2 amide bonds. The quantitative estimate of drug-likeness (QED) is 0.714. The summed E-state index contributed by atoms with van der Waals surface area (Å²) in [5.74, 6) is 0.490. The number of ether oxygens (including phenoxy) is 2. The molecule has 7 nitrogen and oxygen atoms in total. The van der Waals surface area contributed by atoms with Crippen LogP contribution >= 0.6 is 0 Å². The summed E-state index contributed by atoms with van der Waals surface area (Å²) in [5, 5.41) is 4.41. The highest BCUT2D eigenvalue weighted by Gasteiger charge is 2.70. The van der Waals surface area contributed by atoms with Gasteiger partial charge in [-0.1, -0.05) is 23.4 Å². The first-order valence-corrected chi connectivity index (χ1v) is 10.5. The van der Waals surface area contributed by atoms with Crippen LogP contribution in [0.2, 0.25) is 0 Å². The summed E-state index contributed by atoms with van der Waals surface area (Å²) in [5.41, 5.74) is 2.29. The lowest BCUT2D eigenvalue weighted by molar-refractivity contribution is -0.125. The van der Waals surface area contributed by atoms with Crippen LogP contribution in [0.4, 0.5) is 5.69 Å². The fourth-order valence-corrected chi connectivity index (χ4v) is 6.19. The summed E-state index contributed by atoms with van der Waals surface area (Å²) in [4.78, 5) is 33.9. The number of fused-ring (bicyclic) bond motifs is 8. The summed E-state index contributed by atoms with van der Waals surface area (Å²) < 4.78 is 10.9. The maximum Gasteiger partial charge on any atom is 0.238 e. The van der Waals surface area contributed by atoms with E-state index in [-0.39, 0.29) is 47.5 Å². The minimum Gasteiger partial charge on any atom is -0.497 e. The topological polar surface area (TPSA) is 77.4 Å². The zero-order valence-electron chi connectivity index (χ0n) is 17.2. The third kappa shape index (κ3) is 2.37. The van der Waals surface area contributed by atoms with E-state index in [1.807, 2.05) is 48.5 Å². The number of hydrogen-bond donors (Lipinski definition) is 0. The van der Waals surface area contributed by atoms with Gasteiger partial charge in [0.15, 0.2) is 0 Å². The minimum atomic E-state index is -0.328. The largest absolute Gasteiger partial charge is 0.497 e. The maximum absolute atomic E-state index is 13.4. The number of amides is 2. The van der Waals surface area contributed by atoms with Gasteiger partial charge in [0.05, 0.1) is 37.5 Å². The summed E-state index contributed by atoms with van der Waals surface area (Å²) in [6, 6.07) is 14.8. The van der Waals surface area contributed by atoms with Crippen LogP contribution in [0.15, 0.2) is 53.7 Å². The Balaban J connectivity index is 1.36. The summed E-state index contributed by atoms with van der Waals surface area (Å²) in [7, 11) is 3.22. The van der Waals surface area contributed by atoms with E-state index < -0.39 is 0 Å². The molecule has 2 aromatic carbocycles. The molecule has 0 aromatic heterocycles. The number of carbonyl (C=O) groups excluding carboxylic acids is 2. The second-order valence-corrected chi connectivity index (χ2v) is 8.60. The smallest absolute Gasteiger partial charge is 0.238 e. The van der Waals surface area contributed by atoms with Crippen molar-refractivity contribution in [1.29, 1.82) is 0 Å². The van der Waals surface area contributed by atoms with Crippen LogP contribution in [0.3, 0.4) is 0 Å². The van der Waals surface area contributed by atoms with Crippen LogP contribution in [-0.2, 0) is 14.4 Å². The predicted molar refractivity (Wildman–Crippen MR) is 112 cm³/mol. The van der Waals surface area contributed by atoms with Crippen molar-refractivity contribution in [3.8, 4) is 11.5 Å². The number of hydrogen-bond acceptors (Lipinski definition) is 6. The van der Waals surface area contributed by atoms with E-state index in [2.05, 4.69) is 5.16 Å². The average molecular weight is 418 g/mol. The number of benzene rings is 2. The molecule has 2 bridgehead atoms. The summed E-state index contributed by atoms with van der Waals surface area (Å²) >= 11 is 0. The van der Waals surface area contributed by atoms with Gasteiger partial charge in [0.25, 0.3) is 0 Å². The van der Waals surface area contributed by atoms with E-state index in [9.17, 15) is 9.59 Å². The molecule has 4 aliphatic rings. The molecule has 2 aromatic rings. The molecule has 0 N–H and O–H groups in total. The van der Waals surface area contributed by atoms with Gasteiger partial charge in [-0.15, -0.1) is 0 Å². The van der Waals surface area contributed by atoms with Gasteiger partial charge >= 0.3 is 0 Å². The molecule has 1 saturated heterocycles. The Morgan fingerprint density at radius 1 is 0.935 bits per heavy atom. The number of nitrogens with zero attached hydrogens (tertiary/aromatic N) is 2. The highest BCUT2D eigenvalue weighted by Crippen LogP contribution is 2.62. The third-order valence-electron chi connectivity index (χ3n) is 7.39. The standard InChI is InChI=1S/C24H22N2O5/c1-29-13-8-9-14(17(10-13)30-2)21-20-15-11-16(22(20)31-25-21)19-18(15)23(27)26(24(19)28)12-6-4-3-5-7-12/h3-10,15-16,18-20,22H,11H2,1-2H3/t15-,16-,18-,19-,20-,22+/m1/s1. The van der Waals surface area contributed by atoms with Crippen LogP contribution in [0, 0.1) is 29.6 Å². The molecule has 2 heterocycles. The maximum atomic E-state index is 13.4. The molecule has 2 saturated carbocycles. The monoisotopic (exact) mass is 418 g/mol. The van der Waals surface area contributed by atoms with Crippen LogP contribution in [-0.4, -0.2) is 37.8 Å². The molecule has 2 aliphatic heterocycles. The lowest BCUT2D eigenvalue weighted by Crippen LogP contribution is -2.41. The summed E-state index contributed by atoms with van der Waals surface area (Å²) in [6.45, 7) is 0. The molecule has 31 heavy (non-hydrogen) atoms. The molecule has 7 heteroatoms. The van der Waals surface area contributed by atoms with Crippen LogP contribution < -0.4 is 14.4 Å². The van der Waals surface area contributed by atoms with Crippen molar-refractivity contribution in [2.75, 3.05) is 19.1 Å². The zero-order chi connectivity index (χ0) is 21.3. The molecular formula is C24H22N2O5. The van der Waals surface area contributed by atoms with Crippen molar-refractivity contribution in [2.24, 2.45) is 34.7 Å². The van der Waals surface area contributed by atoms with Crippen molar-refractivity contribution in [2.45, 2.75) is 12.5 Å². The van der Waals surface area contributed by atoms with Crippen molar-refractivity contribution in [1.82, 2.24) is 0 Å².